The van der Waals surface area contributed by atoms with Crippen LogP contribution in [0.4, 0.5) is 5.82 Å². The lowest BCUT2D eigenvalue weighted by molar-refractivity contribution is 0.102. The second-order valence-electron chi connectivity index (χ2n) is 3.63. The molecule has 0 spiro atoms. The van der Waals surface area contributed by atoms with E-state index in [1.807, 2.05) is 6.07 Å². The van der Waals surface area contributed by atoms with Crippen LogP contribution >= 0.6 is 31.9 Å². The summed E-state index contributed by atoms with van der Waals surface area (Å²) in [5, 5.41) is 2.74. The second kappa shape index (κ2) is 6.16. The maximum atomic E-state index is 12.2. The Kier molecular flexibility index (Phi) is 4.55. The summed E-state index contributed by atoms with van der Waals surface area (Å²) < 4.78 is 6.53. The van der Waals surface area contributed by atoms with Crippen molar-refractivity contribution in [2.75, 3.05) is 12.4 Å². The quantitative estimate of drug-likeness (QED) is 0.872. The minimum atomic E-state index is -0.259. The number of ether oxygens (including phenoxy) is 1. The van der Waals surface area contributed by atoms with E-state index >= 15 is 0 Å². The highest BCUT2D eigenvalue weighted by Crippen LogP contribution is 2.25. The van der Waals surface area contributed by atoms with Crippen molar-refractivity contribution in [3.8, 4) is 5.75 Å². The SMILES string of the molecule is COc1ccc(Br)c(C(=O)Nc2ncccc2Br)c1. The number of carbonyl (C=O) groups is 1. The van der Waals surface area contributed by atoms with Gasteiger partial charge in [0.25, 0.3) is 5.91 Å². The number of benzene rings is 1. The molecular formula is C13H10Br2N2O2. The van der Waals surface area contributed by atoms with Gasteiger partial charge >= 0.3 is 0 Å². The predicted molar refractivity (Wildman–Crippen MR) is 80.6 cm³/mol. The van der Waals surface area contributed by atoms with Gasteiger partial charge in [-0.3, -0.25) is 4.79 Å². The van der Waals surface area contributed by atoms with Crippen molar-refractivity contribution in [2.24, 2.45) is 0 Å². The van der Waals surface area contributed by atoms with Crippen LogP contribution in [-0.4, -0.2) is 18.0 Å². The molecule has 0 aliphatic rings. The fourth-order valence-electron chi connectivity index (χ4n) is 1.46. The Labute approximate surface area is 127 Å². The Morgan fingerprint density at radius 1 is 1.26 bits per heavy atom. The van der Waals surface area contributed by atoms with Gasteiger partial charge in [-0.2, -0.15) is 0 Å². The summed E-state index contributed by atoms with van der Waals surface area (Å²) in [4.78, 5) is 16.3. The van der Waals surface area contributed by atoms with Crippen LogP contribution in [0.25, 0.3) is 0 Å². The molecule has 1 aromatic carbocycles. The number of halogens is 2. The van der Waals surface area contributed by atoms with Gasteiger partial charge < -0.3 is 10.1 Å². The standard InChI is InChI=1S/C13H10Br2N2O2/c1-19-8-4-5-10(14)9(7-8)13(18)17-12-11(15)3-2-6-16-12/h2-7H,1H3,(H,16,17,18). The summed E-state index contributed by atoms with van der Waals surface area (Å²) in [6.07, 6.45) is 1.61. The van der Waals surface area contributed by atoms with Crippen molar-refractivity contribution >= 4 is 43.6 Å². The molecule has 0 bridgehead atoms. The molecular weight excluding hydrogens is 376 g/mol. The third kappa shape index (κ3) is 3.33. The number of nitrogens with zero attached hydrogens (tertiary/aromatic N) is 1. The fourth-order valence-corrected chi connectivity index (χ4v) is 2.24. The van der Waals surface area contributed by atoms with E-state index in [9.17, 15) is 4.79 Å². The summed E-state index contributed by atoms with van der Waals surface area (Å²) >= 11 is 6.67. The average molecular weight is 386 g/mol. The Morgan fingerprint density at radius 2 is 2.05 bits per heavy atom. The molecule has 1 N–H and O–H groups in total. The minimum Gasteiger partial charge on any atom is -0.497 e. The summed E-state index contributed by atoms with van der Waals surface area (Å²) in [5.74, 6) is 0.834. The molecule has 6 heteroatoms. The number of hydrogen-bond donors (Lipinski definition) is 1. The van der Waals surface area contributed by atoms with Crippen molar-refractivity contribution in [3.63, 3.8) is 0 Å². The lowest BCUT2D eigenvalue weighted by Gasteiger charge is -2.09. The van der Waals surface area contributed by atoms with Crippen molar-refractivity contribution < 1.29 is 9.53 Å². The van der Waals surface area contributed by atoms with Crippen molar-refractivity contribution in [1.29, 1.82) is 0 Å². The number of carbonyl (C=O) groups excluding carboxylic acids is 1. The third-order valence-electron chi connectivity index (χ3n) is 2.41. The summed E-state index contributed by atoms with van der Waals surface area (Å²) in [6, 6.07) is 8.79. The number of rotatable bonds is 3. The number of aromatic nitrogens is 1. The van der Waals surface area contributed by atoms with Gasteiger partial charge in [-0.05, 0) is 62.2 Å². The van der Waals surface area contributed by atoms with E-state index < -0.39 is 0 Å². The van der Waals surface area contributed by atoms with Crippen molar-refractivity contribution in [3.05, 3.63) is 51.0 Å². The number of pyridine rings is 1. The van der Waals surface area contributed by atoms with Gasteiger partial charge in [0, 0.05) is 10.7 Å². The number of hydrogen-bond acceptors (Lipinski definition) is 3. The molecule has 0 atom stereocenters. The first-order chi connectivity index (χ1) is 9.11. The molecule has 0 aliphatic heterocycles. The molecule has 0 radical (unpaired) electrons. The Morgan fingerprint density at radius 3 is 2.74 bits per heavy atom. The van der Waals surface area contributed by atoms with Crippen LogP contribution in [0.5, 0.6) is 5.75 Å². The summed E-state index contributed by atoms with van der Waals surface area (Å²) in [7, 11) is 1.56. The first-order valence-electron chi connectivity index (χ1n) is 5.37. The molecule has 19 heavy (non-hydrogen) atoms. The largest absolute Gasteiger partial charge is 0.497 e. The van der Waals surface area contributed by atoms with E-state index in [0.717, 1.165) is 4.47 Å². The molecule has 0 saturated carbocycles. The van der Waals surface area contributed by atoms with Crippen LogP contribution in [0.3, 0.4) is 0 Å². The van der Waals surface area contributed by atoms with Crippen molar-refractivity contribution in [1.82, 2.24) is 4.98 Å². The van der Waals surface area contributed by atoms with Gasteiger partial charge in [0.2, 0.25) is 0 Å². The van der Waals surface area contributed by atoms with E-state index in [-0.39, 0.29) is 5.91 Å². The lowest BCUT2D eigenvalue weighted by Crippen LogP contribution is -2.14. The molecule has 4 nitrogen and oxygen atoms in total. The van der Waals surface area contributed by atoms with Crippen LogP contribution in [-0.2, 0) is 0 Å². The zero-order chi connectivity index (χ0) is 13.8. The normalized spacial score (nSPS) is 10.1. The molecule has 0 saturated heterocycles. The van der Waals surface area contributed by atoms with Crippen molar-refractivity contribution in [2.45, 2.75) is 0 Å². The van der Waals surface area contributed by atoms with Gasteiger partial charge in [-0.25, -0.2) is 4.98 Å². The molecule has 2 aromatic rings. The molecule has 1 heterocycles. The average Bonchev–Trinajstić information content (AvgIpc) is 2.42. The van der Waals surface area contributed by atoms with Crippen LogP contribution in [0.1, 0.15) is 10.4 Å². The maximum absolute atomic E-state index is 12.2. The molecule has 0 aliphatic carbocycles. The van der Waals surface area contributed by atoms with E-state index in [1.165, 1.54) is 0 Å². The van der Waals surface area contributed by atoms with E-state index in [4.69, 9.17) is 4.74 Å². The minimum absolute atomic E-state index is 0.259. The first-order valence-corrected chi connectivity index (χ1v) is 6.96. The van der Waals surface area contributed by atoms with Crippen LogP contribution < -0.4 is 10.1 Å². The highest BCUT2D eigenvalue weighted by Gasteiger charge is 2.13. The third-order valence-corrected chi connectivity index (χ3v) is 3.74. The maximum Gasteiger partial charge on any atom is 0.258 e. The molecule has 2 rings (SSSR count). The highest BCUT2D eigenvalue weighted by atomic mass is 79.9. The van der Waals surface area contributed by atoms with Crippen LogP contribution in [0, 0.1) is 0 Å². The summed E-state index contributed by atoms with van der Waals surface area (Å²) in [6.45, 7) is 0. The molecule has 1 amide bonds. The molecule has 1 aromatic heterocycles. The summed E-state index contributed by atoms with van der Waals surface area (Å²) in [5.41, 5.74) is 0.483. The second-order valence-corrected chi connectivity index (χ2v) is 5.34. The Bertz CT molecular complexity index is 617. The van der Waals surface area contributed by atoms with Gasteiger partial charge in [-0.15, -0.1) is 0 Å². The van der Waals surface area contributed by atoms with E-state index in [1.54, 1.807) is 37.6 Å². The molecule has 98 valence electrons. The van der Waals surface area contributed by atoms with Gasteiger partial charge in [0.05, 0.1) is 17.1 Å². The Hall–Kier alpha value is -1.40. The highest BCUT2D eigenvalue weighted by molar-refractivity contribution is 9.11. The zero-order valence-corrected chi connectivity index (χ0v) is 13.2. The number of amides is 1. The Balaban J connectivity index is 2.28. The predicted octanol–water partition coefficient (Wildman–Crippen LogP) is 3.87. The van der Waals surface area contributed by atoms with E-state index in [2.05, 4.69) is 42.2 Å². The number of methoxy groups -OCH3 is 1. The molecule has 0 fully saturated rings. The molecule has 0 unspecified atom stereocenters. The fraction of sp³-hybridized carbons (Fsp3) is 0.0769. The van der Waals surface area contributed by atoms with Gasteiger partial charge in [0.1, 0.15) is 11.6 Å². The van der Waals surface area contributed by atoms with Crippen LogP contribution in [0.2, 0.25) is 0 Å². The van der Waals surface area contributed by atoms with Gasteiger partial charge in [0.15, 0.2) is 0 Å². The van der Waals surface area contributed by atoms with Crippen LogP contribution in [0.15, 0.2) is 45.5 Å². The lowest BCUT2D eigenvalue weighted by atomic mass is 10.2. The van der Waals surface area contributed by atoms with Gasteiger partial charge in [-0.1, -0.05) is 0 Å². The topological polar surface area (TPSA) is 51.2 Å². The smallest absolute Gasteiger partial charge is 0.258 e. The zero-order valence-electron chi connectivity index (χ0n) is 9.98. The number of anilines is 1. The monoisotopic (exact) mass is 384 g/mol. The first kappa shape index (κ1) is 14.0. The van der Waals surface area contributed by atoms with E-state index in [0.29, 0.717) is 21.6 Å². The number of nitrogens with one attached hydrogen (secondary N) is 1.